The molecule has 0 saturated heterocycles. The molecule has 0 spiro atoms. The van der Waals surface area contributed by atoms with Crippen molar-refractivity contribution in [1.29, 1.82) is 0 Å². The SMILES string of the molecule is [B]c1cc(Cc2ccc(C)cc2C)ccc1C. The summed E-state index contributed by atoms with van der Waals surface area (Å²) < 4.78 is 0. The van der Waals surface area contributed by atoms with Gasteiger partial charge in [0.25, 0.3) is 0 Å². The largest absolute Gasteiger partial charge is 0.114 e. The first-order valence-corrected chi connectivity index (χ1v) is 5.97. The highest BCUT2D eigenvalue weighted by Crippen LogP contribution is 2.15. The van der Waals surface area contributed by atoms with Gasteiger partial charge in [0.15, 0.2) is 0 Å². The van der Waals surface area contributed by atoms with Crippen molar-refractivity contribution in [2.75, 3.05) is 0 Å². The minimum absolute atomic E-state index is 0.882. The summed E-state index contributed by atoms with van der Waals surface area (Å²) in [5, 5.41) is 0. The van der Waals surface area contributed by atoms with Gasteiger partial charge >= 0.3 is 0 Å². The third-order valence-electron chi connectivity index (χ3n) is 3.24. The first-order valence-electron chi connectivity index (χ1n) is 5.97. The molecule has 0 N–H and O–H groups in total. The van der Waals surface area contributed by atoms with E-state index < -0.39 is 0 Å². The topological polar surface area (TPSA) is 0 Å². The van der Waals surface area contributed by atoms with Crippen molar-refractivity contribution in [2.24, 2.45) is 0 Å². The van der Waals surface area contributed by atoms with Crippen LogP contribution in [0.3, 0.4) is 0 Å². The van der Waals surface area contributed by atoms with Crippen molar-refractivity contribution in [3.05, 3.63) is 64.2 Å². The predicted molar refractivity (Wildman–Crippen MR) is 75.3 cm³/mol. The second-order valence-corrected chi connectivity index (χ2v) is 4.80. The van der Waals surface area contributed by atoms with Crippen LogP contribution in [-0.4, -0.2) is 7.85 Å². The third-order valence-corrected chi connectivity index (χ3v) is 3.24. The maximum Gasteiger partial charge on any atom is 0.114 e. The molecule has 84 valence electrons. The van der Waals surface area contributed by atoms with E-state index in [1.807, 2.05) is 6.92 Å². The number of rotatable bonds is 2. The van der Waals surface area contributed by atoms with E-state index in [0.717, 1.165) is 17.4 Å². The molecule has 0 fully saturated rings. The summed E-state index contributed by atoms with van der Waals surface area (Å²) in [4.78, 5) is 0. The minimum atomic E-state index is 0.882. The molecule has 0 heterocycles. The van der Waals surface area contributed by atoms with Crippen molar-refractivity contribution in [3.8, 4) is 0 Å². The van der Waals surface area contributed by atoms with Crippen LogP contribution in [0.15, 0.2) is 36.4 Å². The van der Waals surface area contributed by atoms with Gasteiger partial charge in [0.2, 0.25) is 0 Å². The summed E-state index contributed by atoms with van der Waals surface area (Å²) in [7, 11) is 5.94. The maximum absolute atomic E-state index is 5.94. The Morgan fingerprint density at radius 1 is 0.882 bits per heavy atom. The molecule has 2 aromatic rings. The van der Waals surface area contributed by atoms with E-state index in [-0.39, 0.29) is 0 Å². The van der Waals surface area contributed by atoms with Crippen molar-refractivity contribution in [3.63, 3.8) is 0 Å². The van der Waals surface area contributed by atoms with Gasteiger partial charge in [-0.25, -0.2) is 0 Å². The van der Waals surface area contributed by atoms with Gasteiger partial charge in [-0.3, -0.25) is 0 Å². The van der Waals surface area contributed by atoms with Crippen LogP contribution < -0.4 is 5.46 Å². The fourth-order valence-corrected chi connectivity index (χ4v) is 2.06. The summed E-state index contributed by atoms with van der Waals surface area (Å²) in [5.41, 5.74) is 7.35. The molecule has 2 radical (unpaired) electrons. The van der Waals surface area contributed by atoms with E-state index in [0.29, 0.717) is 0 Å². The van der Waals surface area contributed by atoms with Gasteiger partial charge in [0.05, 0.1) is 0 Å². The smallest absolute Gasteiger partial charge is 0.0935 e. The van der Waals surface area contributed by atoms with Gasteiger partial charge in [-0.05, 0) is 43.9 Å². The molecule has 0 aliphatic heterocycles. The maximum atomic E-state index is 5.94. The molecule has 0 nitrogen and oxygen atoms in total. The number of aryl methyl sites for hydroxylation is 3. The Morgan fingerprint density at radius 3 is 2.29 bits per heavy atom. The summed E-state index contributed by atoms with van der Waals surface area (Å²) in [6, 6.07) is 12.9. The van der Waals surface area contributed by atoms with Crippen molar-refractivity contribution in [2.45, 2.75) is 27.2 Å². The van der Waals surface area contributed by atoms with Crippen molar-refractivity contribution in [1.82, 2.24) is 0 Å². The Hall–Kier alpha value is -1.50. The first kappa shape index (κ1) is 12.0. The molecule has 0 bridgehead atoms. The minimum Gasteiger partial charge on any atom is -0.0935 e. The molecular weight excluding hydrogens is 203 g/mol. The molecular formula is C16H17B. The Bertz CT molecular complexity index is 541. The average molecular weight is 220 g/mol. The molecule has 0 unspecified atom stereocenters. The quantitative estimate of drug-likeness (QED) is 0.682. The van der Waals surface area contributed by atoms with Crippen LogP contribution in [0, 0.1) is 20.8 Å². The Morgan fingerprint density at radius 2 is 1.65 bits per heavy atom. The number of benzene rings is 2. The summed E-state index contributed by atoms with van der Waals surface area (Å²) in [6.07, 6.45) is 0.955. The molecule has 0 amide bonds. The molecule has 2 rings (SSSR count). The zero-order chi connectivity index (χ0) is 12.4. The molecule has 17 heavy (non-hydrogen) atoms. The third kappa shape index (κ3) is 2.79. The lowest BCUT2D eigenvalue weighted by Gasteiger charge is -2.09. The Labute approximate surface area is 105 Å². The van der Waals surface area contributed by atoms with E-state index >= 15 is 0 Å². The summed E-state index contributed by atoms with van der Waals surface area (Å²) >= 11 is 0. The standard InChI is InChI=1S/C16H17B/c1-11-4-7-15(13(3)8-11)9-14-6-5-12(2)16(17)10-14/h4-8,10H,9H2,1-3H3. The van der Waals surface area contributed by atoms with Gasteiger partial charge in [0.1, 0.15) is 7.85 Å². The van der Waals surface area contributed by atoms with E-state index in [1.54, 1.807) is 0 Å². The second-order valence-electron chi connectivity index (χ2n) is 4.80. The van der Waals surface area contributed by atoms with E-state index in [4.69, 9.17) is 7.85 Å². The normalized spacial score (nSPS) is 10.5. The molecule has 1 heteroatoms. The van der Waals surface area contributed by atoms with E-state index in [2.05, 4.69) is 50.2 Å². The van der Waals surface area contributed by atoms with Crippen LogP contribution >= 0.6 is 0 Å². The van der Waals surface area contributed by atoms with Crippen LogP contribution in [0.1, 0.15) is 27.8 Å². The lowest BCUT2D eigenvalue weighted by atomic mass is 9.88. The van der Waals surface area contributed by atoms with Gasteiger partial charge in [-0.15, -0.1) is 0 Å². The predicted octanol–water partition coefficient (Wildman–Crippen LogP) is 3.00. The van der Waals surface area contributed by atoms with Gasteiger partial charge in [-0.1, -0.05) is 53.0 Å². The monoisotopic (exact) mass is 220 g/mol. The van der Waals surface area contributed by atoms with Crippen LogP contribution in [-0.2, 0) is 6.42 Å². The average Bonchev–Trinajstić information content (AvgIpc) is 2.27. The van der Waals surface area contributed by atoms with Crippen LogP contribution in [0.4, 0.5) is 0 Å². The van der Waals surface area contributed by atoms with E-state index in [1.165, 1.54) is 22.3 Å². The van der Waals surface area contributed by atoms with Crippen LogP contribution in [0.25, 0.3) is 0 Å². The zero-order valence-corrected chi connectivity index (χ0v) is 10.7. The highest BCUT2D eigenvalue weighted by Gasteiger charge is 2.01. The van der Waals surface area contributed by atoms with Crippen molar-refractivity contribution >= 4 is 13.3 Å². The molecule has 0 aliphatic rings. The molecule has 0 aromatic heterocycles. The first-order chi connectivity index (χ1) is 8.06. The Kier molecular flexibility index (Phi) is 3.37. The van der Waals surface area contributed by atoms with Gasteiger partial charge in [-0.2, -0.15) is 0 Å². The van der Waals surface area contributed by atoms with Crippen LogP contribution in [0.5, 0.6) is 0 Å². The van der Waals surface area contributed by atoms with Crippen molar-refractivity contribution < 1.29 is 0 Å². The van der Waals surface area contributed by atoms with Gasteiger partial charge in [0, 0.05) is 0 Å². The zero-order valence-electron chi connectivity index (χ0n) is 10.7. The molecule has 0 aliphatic carbocycles. The summed E-state index contributed by atoms with van der Waals surface area (Å²) in [5.74, 6) is 0. The molecule has 0 atom stereocenters. The number of hydrogen-bond acceptors (Lipinski definition) is 0. The summed E-state index contributed by atoms with van der Waals surface area (Å²) in [6.45, 7) is 6.33. The molecule has 2 aromatic carbocycles. The number of hydrogen-bond donors (Lipinski definition) is 0. The highest BCUT2D eigenvalue weighted by atomic mass is 14.1. The lowest BCUT2D eigenvalue weighted by Crippen LogP contribution is -2.08. The van der Waals surface area contributed by atoms with E-state index in [9.17, 15) is 0 Å². The Balaban J connectivity index is 2.28. The van der Waals surface area contributed by atoms with Gasteiger partial charge < -0.3 is 0 Å². The highest BCUT2D eigenvalue weighted by molar-refractivity contribution is 6.33. The fraction of sp³-hybridized carbons (Fsp3) is 0.250. The van der Waals surface area contributed by atoms with Crippen LogP contribution in [0.2, 0.25) is 0 Å². The molecule has 0 saturated carbocycles. The second kappa shape index (κ2) is 4.79. The lowest BCUT2D eigenvalue weighted by molar-refractivity contribution is 1.15. The fourth-order valence-electron chi connectivity index (χ4n) is 2.06.